The lowest BCUT2D eigenvalue weighted by Gasteiger charge is -2.14. The lowest BCUT2D eigenvalue weighted by Crippen LogP contribution is -2.17. The van der Waals surface area contributed by atoms with Crippen LogP contribution in [0.1, 0.15) is 36.4 Å². The van der Waals surface area contributed by atoms with Crippen LogP contribution in [0.4, 0.5) is 0 Å². The van der Waals surface area contributed by atoms with Crippen molar-refractivity contribution in [1.82, 2.24) is 5.43 Å². The second-order valence-corrected chi connectivity index (χ2v) is 6.30. The van der Waals surface area contributed by atoms with Gasteiger partial charge < -0.3 is 9.15 Å². The summed E-state index contributed by atoms with van der Waals surface area (Å²) in [5.41, 5.74) is 3.84. The number of fused-ring (bicyclic) bond motifs is 1. The fourth-order valence-electron chi connectivity index (χ4n) is 2.34. The minimum Gasteiger partial charge on any atom is -0.490 e. The van der Waals surface area contributed by atoms with Crippen LogP contribution in [-0.2, 0) is 0 Å². The van der Waals surface area contributed by atoms with E-state index in [-0.39, 0.29) is 11.9 Å². The standard InChI is InChI=1S/C20H19ClN2O3/c1-3-13(2)25-17-7-5-4-6-14(17)12-22-23-20(24)19-11-15-10-16(21)8-9-18(15)26-19/h4-13H,3H2,1-2H3,(H,23,24)/b22-12+/t13-/m1/s1. The van der Waals surface area contributed by atoms with Gasteiger partial charge in [0.1, 0.15) is 11.3 Å². The summed E-state index contributed by atoms with van der Waals surface area (Å²) in [6.07, 6.45) is 2.55. The Hall–Kier alpha value is -2.79. The van der Waals surface area contributed by atoms with Crippen LogP contribution in [0.25, 0.3) is 11.0 Å². The van der Waals surface area contributed by atoms with Crippen molar-refractivity contribution in [3.05, 3.63) is 64.9 Å². The molecule has 0 fully saturated rings. The van der Waals surface area contributed by atoms with Gasteiger partial charge in [-0.2, -0.15) is 5.10 Å². The maximum absolute atomic E-state index is 12.2. The van der Waals surface area contributed by atoms with Crippen molar-refractivity contribution in [2.24, 2.45) is 5.10 Å². The van der Waals surface area contributed by atoms with Crippen LogP contribution in [0, 0.1) is 0 Å². The van der Waals surface area contributed by atoms with Crippen LogP contribution < -0.4 is 10.2 Å². The van der Waals surface area contributed by atoms with E-state index in [0.717, 1.165) is 23.1 Å². The molecular weight excluding hydrogens is 352 g/mol. The molecular formula is C20H19ClN2O3. The molecule has 2 aromatic carbocycles. The summed E-state index contributed by atoms with van der Waals surface area (Å²) in [6, 6.07) is 14.3. The molecule has 1 atom stereocenters. The lowest BCUT2D eigenvalue weighted by molar-refractivity contribution is 0.0929. The van der Waals surface area contributed by atoms with Crippen molar-refractivity contribution in [2.75, 3.05) is 0 Å². The van der Waals surface area contributed by atoms with Gasteiger partial charge in [-0.25, -0.2) is 5.43 Å². The first kappa shape index (κ1) is 18.0. The van der Waals surface area contributed by atoms with Crippen molar-refractivity contribution in [1.29, 1.82) is 0 Å². The van der Waals surface area contributed by atoms with E-state index in [1.807, 2.05) is 31.2 Å². The van der Waals surface area contributed by atoms with Crippen LogP contribution in [0.3, 0.4) is 0 Å². The van der Waals surface area contributed by atoms with Gasteiger partial charge in [-0.05, 0) is 49.7 Å². The van der Waals surface area contributed by atoms with Crippen molar-refractivity contribution >= 4 is 34.7 Å². The molecule has 1 N–H and O–H groups in total. The Kier molecular flexibility index (Phi) is 5.58. The van der Waals surface area contributed by atoms with Gasteiger partial charge in [0.2, 0.25) is 0 Å². The molecule has 3 aromatic rings. The third-order valence-electron chi connectivity index (χ3n) is 3.89. The second-order valence-electron chi connectivity index (χ2n) is 5.87. The van der Waals surface area contributed by atoms with Gasteiger partial charge in [-0.1, -0.05) is 30.7 Å². The number of carbonyl (C=O) groups excluding carboxylic acids is 1. The third-order valence-corrected chi connectivity index (χ3v) is 4.13. The zero-order valence-electron chi connectivity index (χ0n) is 14.5. The number of benzene rings is 2. The van der Waals surface area contributed by atoms with Crippen molar-refractivity contribution in [3.63, 3.8) is 0 Å². The number of ether oxygens (including phenoxy) is 1. The van der Waals surface area contributed by atoms with Gasteiger partial charge in [0.25, 0.3) is 0 Å². The predicted octanol–water partition coefficient (Wildman–Crippen LogP) is 5.03. The molecule has 1 aromatic heterocycles. The summed E-state index contributed by atoms with van der Waals surface area (Å²) in [5.74, 6) is 0.454. The normalized spacial score (nSPS) is 12.4. The second kappa shape index (κ2) is 8.06. The maximum atomic E-state index is 12.2. The number of amides is 1. The highest BCUT2D eigenvalue weighted by molar-refractivity contribution is 6.31. The van der Waals surface area contributed by atoms with Gasteiger partial charge in [0, 0.05) is 16.0 Å². The van der Waals surface area contributed by atoms with Gasteiger partial charge in [0.15, 0.2) is 5.76 Å². The molecule has 0 unspecified atom stereocenters. The highest BCUT2D eigenvalue weighted by Crippen LogP contribution is 2.23. The molecule has 0 saturated heterocycles. The zero-order valence-corrected chi connectivity index (χ0v) is 15.3. The Morgan fingerprint density at radius 2 is 2.12 bits per heavy atom. The molecule has 1 amide bonds. The van der Waals surface area contributed by atoms with E-state index in [9.17, 15) is 4.79 Å². The summed E-state index contributed by atoms with van der Waals surface area (Å²) < 4.78 is 11.4. The Morgan fingerprint density at radius 3 is 2.92 bits per heavy atom. The van der Waals surface area contributed by atoms with Gasteiger partial charge >= 0.3 is 5.91 Å². The minimum absolute atomic E-state index is 0.0986. The molecule has 134 valence electrons. The van der Waals surface area contributed by atoms with E-state index < -0.39 is 5.91 Å². The molecule has 0 aliphatic heterocycles. The van der Waals surface area contributed by atoms with Crippen molar-refractivity contribution in [3.8, 4) is 5.75 Å². The first-order valence-electron chi connectivity index (χ1n) is 8.35. The summed E-state index contributed by atoms with van der Waals surface area (Å²) in [6.45, 7) is 4.06. The summed E-state index contributed by atoms with van der Waals surface area (Å²) >= 11 is 5.94. The fourth-order valence-corrected chi connectivity index (χ4v) is 2.52. The number of rotatable bonds is 6. The van der Waals surface area contributed by atoms with Crippen LogP contribution in [0.2, 0.25) is 5.02 Å². The van der Waals surface area contributed by atoms with E-state index in [1.54, 1.807) is 30.5 Å². The lowest BCUT2D eigenvalue weighted by atomic mass is 10.2. The van der Waals surface area contributed by atoms with Crippen LogP contribution in [-0.4, -0.2) is 18.2 Å². The highest BCUT2D eigenvalue weighted by Gasteiger charge is 2.12. The molecule has 0 aliphatic carbocycles. The van der Waals surface area contributed by atoms with E-state index in [0.29, 0.717) is 10.6 Å². The number of hydrogen-bond acceptors (Lipinski definition) is 4. The number of para-hydroxylation sites is 1. The van der Waals surface area contributed by atoms with E-state index in [4.69, 9.17) is 20.8 Å². The van der Waals surface area contributed by atoms with Crippen molar-refractivity contribution in [2.45, 2.75) is 26.4 Å². The topological polar surface area (TPSA) is 63.8 Å². The maximum Gasteiger partial charge on any atom is 0.307 e. The quantitative estimate of drug-likeness (QED) is 0.489. The number of nitrogens with one attached hydrogen (secondary N) is 1. The molecule has 3 rings (SSSR count). The average Bonchev–Trinajstić information content (AvgIpc) is 3.06. The Labute approximate surface area is 156 Å². The number of hydrogen-bond donors (Lipinski definition) is 1. The summed E-state index contributed by atoms with van der Waals surface area (Å²) in [4.78, 5) is 12.2. The number of carbonyl (C=O) groups is 1. The van der Waals surface area contributed by atoms with E-state index in [2.05, 4.69) is 17.5 Å². The predicted molar refractivity (Wildman–Crippen MR) is 103 cm³/mol. The van der Waals surface area contributed by atoms with Crippen LogP contribution >= 0.6 is 11.6 Å². The van der Waals surface area contributed by atoms with E-state index >= 15 is 0 Å². The molecule has 0 radical (unpaired) electrons. The zero-order chi connectivity index (χ0) is 18.5. The first-order valence-corrected chi connectivity index (χ1v) is 8.73. The molecule has 5 nitrogen and oxygen atoms in total. The number of furan rings is 1. The van der Waals surface area contributed by atoms with Gasteiger partial charge in [-0.15, -0.1) is 0 Å². The fraction of sp³-hybridized carbons (Fsp3) is 0.200. The molecule has 26 heavy (non-hydrogen) atoms. The number of hydrazone groups is 1. The number of nitrogens with zero attached hydrogens (tertiary/aromatic N) is 1. The highest BCUT2D eigenvalue weighted by atomic mass is 35.5. The smallest absolute Gasteiger partial charge is 0.307 e. The summed E-state index contributed by atoms with van der Waals surface area (Å²) in [7, 11) is 0. The van der Waals surface area contributed by atoms with Crippen LogP contribution in [0.5, 0.6) is 5.75 Å². The first-order chi connectivity index (χ1) is 12.6. The Morgan fingerprint density at radius 1 is 1.31 bits per heavy atom. The third kappa shape index (κ3) is 4.24. The Bertz CT molecular complexity index is 949. The SMILES string of the molecule is CC[C@@H](C)Oc1ccccc1/C=N/NC(=O)c1cc2cc(Cl)ccc2o1. The summed E-state index contributed by atoms with van der Waals surface area (Å²) in [5, 5.41) is 5.36. The Balaban J connectivity index is 1.70. The molecule has 0 bridgehead atoms. The largest absolute Gasteiger partial charge is 0.490 e. The van der Waals surface area contributed by atoms with Crippen molar-refractivity contribution < 1.29 is 13.9 Å². The molecule has 1 heterocycles. The monoisotopic (exact) mass is 370 g/mol. The molecule has 0 spiro atoms. The molecule has 0 aliphatic rings. The minimum atomic E-state index is -0.436. The molecule has 6 heteroatoms. The van der Waals surface area contributed by atoms with Gasteiger partial charge in [0.05, 0.1) is 12.3 Å². The number of halogens is 1. The molecule has 0 saturated carbocycles. The van der Waals surface area contributed by atoms with Crippen LogP contribution in [0.15, 0.2) is 58.0 Å². The average molecular weight is 371 g/mol. The van der Waals surface area contributed by atoms with Gasteiger partial charge in [-0.3, -0.25) is 4.79 Å². The van der Waals surface area contributed by atoms with E-state index in [1.165, 1.54) is 0 Å².